The number of aromatic nitrogens is 7. The highest BCUT2D eigenvalue weighted by Crippen LogP contribution is 2.31. The van der Waals surface area contributed by atoms with E-state index in [4.69, 9.17) is 4.74 Å². The first-order valence-corrected chi connectivity index (χ1v) is 8.66. The minimum atomic E-state index is -0.973. The Morgan fingerprint density at radius 1 is 1.10 bits per heavy atom. The molecule has 0 radical (unpaired) electrons. The fourth-order valence-electron chi connectivity index (χ4n) is 2.90. The van der Waals surface area contributed by atoms with Crippen molar-refractivity contribution in [3.05, 3.63) is 71.8 Å². The minimum absolute atomic E-state index is 0.154. The lowest BCUT2D eigenvalue weighted by atomic mass is 10.0. The van der Waals surface area contributed by atoms with E-state index < -0.39 is 11.6 Å². The Bertz CT molecular complexity index is 1310. The van der Waals surface area contributed by atoms with Crippen molar-refractivity contribution in [3.8, 4) is 17.3 Å². The molecule has 0 fully saturated rings. The van der Waals surface area contributed by atoms with Crippen LogP contribution in [0.3, 0.4) is 0 Å². The summed E-state index contributed by atoms with van der Waals surface area (Å²) >= 11 is 0. The largest absolute Gasteiger partial charge is 0.468 e. The van der Waals surface area contributed by atoms with E-state index in [0.717, 1.165) is 23.3 Å². The van der Waals surface area contributed by atoms with Crippen molar-refractivity contribution >= 4 is 11.2 Å². The number of halogens is 2. The van der Waals surface area contributed by atoms with Crippen LogP contribution in [-0.2, 0) is 13.7 Å². The molecule has 5 rings (SSSR count). The highest BCUT2D eigenvalue weighted by molar-refractivity contribution is 5.84. The predicted octanol–water partition coefficient (Wildman–Crippen LogP) is 2.73. The number of rotatable bonds is 5. The Labute approximate surface area is 162 Å². The molecule has 0 saturated heterocycles. The maximum atomic E-state index is 13.7. The normalized spacial score (nSPS) is 12.9. The number of hydrogen-bond donors (Lipinski definition) is 0. The number of allylic oxidation sites excluding steroid dienone is 4. The van der Waals surface area contributed by atoms with E-state index in [1.54, 1.807) is 17.8 Å². The molecule has 8 nitrogen and oxygen atoms in total. The average molecular weight is 393 g/mol. The highest BCUT2D eigenvalue weighted by atomic mass is 19.2. The molecule has 1 aliphatic carbocycles. The maximum Gasteiger partial charge on any atom is 0.240 e. The summed E-state index contributed by atoms with van der Waals surface area (Å²) in [6.45, 7) is 0.154. The summed E-state index contributed by atoms with van der Waals surface area (Å²) < 4.78 is 35.9. The Morgan fingerprint density at radius 2 is 1.97 bits per heavy atom. The van der Waals surface area contributed by atoms with E-state index >= 15 is 0 Å². The molecule has 0 N–H and O–H groups in total. The van der Waals surface area contributed by atoms with E-state index in [9.17, 15) is 8.78 Å². The molecule has 1 aliphatic rings. The molecule has 3 aromatic heterocycles. The second kappa shape index (κ2) is 6.59. The topological polar surface area (TPSA) is 83.0 Å². The lowest BCUT2D eigenvalue weighted by Gasteiger charge is -2.14. The number of ether oxygens (including phenoxy) is 1. The third-order valence-corrected chi connectivity index (χ3v) is 4.54. The van der Waals surface area contributed by atoms with Gasteiger partial charge >= 0.3 is 0 Å². The lowest BCUT2D eigenvalue weighted by molar-refractivity contribution is 0.273. The maximum absolute atomic E-state index is 13.7. The molecule has 0 amide bonds. The van der Waals surface area contributed by atoms with Crippen molar-refractivity contribution in [2.24, 2.45) is 7.05 Å². The number of aryl methyl sites for hydroxylation is 1. The average Bonchev–Trinajstić information content (AvgIpc) is 3.26. The molecule has 29 heavy (non-hydrogen) atoms. The van der Waals surface area contributed by atoms with Gasteiger partial charge in [0.2, 0.25) is 5.88 Å². The van der Waals surface area contributed by atoms with Crippen LogP contribution in [0.2, 0.25) is 0 Å². The highest BCUT2D eigenvalue weighted by Gasteiger charge is 2.19. The molecular formula is C19H13F2N7O. The molecular weight excluding hydrogens is 380 g/mol. The van der Waals surface area contributed by atoms with E-state index in [1.165, 1.54) is 16.9 Å². The second-order valence-corrected chi connectivity index (χ2v) is 6.36. The summed E-state index contributed by atoms with van der Waals surface area (Å²) in [5.74, 6) is -0.680. The second-order valence-electron chi connectivity index (χ2n) is 6.36. The smallest absolute Gasteiger partial charge is 0.240 e. The lowest BCUT2D eigenvalue weighted by Crippen LogP contribution is -2.09. The molecule has 1 aromatic carbocycles. The third-order valence-electron chi connectivity index (χ3n) is 4.54. The van der Waals surface area contributed by atoms with Gasteiger partial charge in [-0.1, -0.05) is 18.2 Å². The van der Waals surface area contributed by atoms with Gasteiger partial charge in [-0.2, -0.15) is 9.61 Å². The summed E-state index contributed by atoms with van der Waals surface area (Å²) in [7, 11) is 1.77. The van der Waals surface area contributed by atoms with E-state index in [1.807, 2.05) is 18.2 Å². The standard InChI is InChI=1S/C19H13F2N7O/c1-27-17(22-10-23-27)9-29-19-13(11-3-2-4-11)8-16-24-25-18(28(16)26-19)12-5-6-14(20)15(21)7-12/h2-8,10H,9H2,1H3. The molecule has 4 aromatic rings. The fourth-order valence-corrected chi connectivity index (χ4v) is 2.90. The Morgan fingerprint density at radius 3 is 2.66 bits per heavy atom. The molecule has 0 bridgehead atoms. The van der Waals surface area contributed by atoms with E-state index in [0.29, 0.717) is 22.9 Å². The van der Waals surface area contributed by atoms with Gasteiger partial charge < -0.3 is 4.74 Å². The summed E-state index contributed by atoms with van der Waals surface area (Å²) in [5, 5.41) is 16.7. The van der Waals surface area contributed by atoms with Gasteiger partial charge in [-0.15, -0.1) is 15.3 Å². The van der Waals surface area contributed by atoms with Crippen molar-refractivity contribution in [1.29, 1.82) is 0 Å². The first kappa shape index (κ1) is 17.2. The van der Waals surface area contributed by atoms with Crippen LogP contribution in [0.25, 0.3) is 22.6 Å². The van der Waals surface area contributed by atoms with Gasteiger partial charge in [0, 0.05) is 18.2 Å². The zero-order valence-electron chi connectivity index (χ0n) is 15.1. The Kier molecular flexibility index (Phi) is 3.90. The summed E-state index contributed by atoms with van der Waals surface area (Å²) in [4.78, 5) is 4.14. The summed E-state index contributed by atoms with van der Waals surface area (Å²) in [6, 6.07) is 5.29. The third kappa shape index (κ3) is 2.94. The van der Waals surface area contributed by atoms with Crippen LogP contribution in [0.1, 0.15) is 11.4 Å². The summed E-state index contributed by atoms with van der Waals surface area (Å²) in [6.07, 6.45) is 7.20. The van der Waals surface area contributed by atoms with Crippen LogP contribution < -0.4 is 4.74 Å². The first-order chi connectivity index (χ1) is 14.1. The molecule has 0 unspecified atom stereocenters. The SMILES string of the molecule is Cn1ncnc1COc1nn2c(-c3ccc(F)c(F)c3)nnc2cc1C1=CC=C1. The zero-order valence-corrected chi connectivity index (χ0v) is 15.1. The van der Waals surface area contributed by atoms with Gasteiger partial charge in [-0.25, -0.2) is 13.8 Å². The van der Waals surface area contributed by atoms with Gasteiger partial charge in [0.25, 0.3) is 0 Å². The van der Waals surface area contributed by atoms with Gasteiger partial charge in [0.15, 0.2) is 28.9 Å². The fraction of sp³-hybridized carbons (Fsp3) is 0.105. The molecule has 0 aliphatic heterocycles. The minimum Gasteiger partial charge on any atom is -0.468 e. The Balaban J connectivity index is 1.59. The number of benzene rings is 1. The quantitative estimate of drug-likeness (QED) is 0.519. The van der Waals surface area contributed by atoms with Gasteiger partial charge in [-0.05, 0) is 29.8 Å². The van der Waals surface area contributed by atoms with Gasteiger partial charge in [0.05, 0.1) is 0 Å². The molecule has 10 heteroatoms. The number of nitrogens with zero attached hydrogens (tertiary/aromatic N) is 7. The van der Waals surface area contributed by atoms with Crippen LogP contribution in [0.4, 0.5) is 8.78 Å². The van der Waals surface area contributed by atoms with Crippen molar-refractivity contribution in [3.63, 3.8) is 0 Å². The van der Waals surface area contributed by atoms with Crippen LogP contribution >= 0.6 is 0 Å². The predicted molar refractivity (Wildman–Crippen MR) is 98.6 cm³/mol. The van der Waals surface area contributed by atoms with E-state index in [-0.39, 0.29) is 12.4 Å². The molecule has 144 valence electrons. The van der Waals surface area contributed by atoms with Gasteiger partial charge in [-0.3, -0.25) is 4.68 Å². The molecule has 0 atom stereocenters. The van der Waals surface area contributed by atoms with Crippen molar-refractivity contribution < 1.29 is 13.5 Å². The van der Waals surface area contributed by atoms with Crippen molar-refractivity contribution in [2.75, 3.05) is 0 Å². The monoisotopic (exact) mass is 393 g/mol. The molecule has 0 spiro atoms. The van der Waals surface area contributed by atoms with Crippen LogP contribution in [0.15, 0.2) is 48.8 Å². The van der Waals surface area contributed by atoms with Crippen LogP contribution in [-0.4, -0.2) is 34.6 Å². The first-order valence-electron chi connectivity index (χ1n) is 8.66. The van der Waals surface area contributed by atoms with Crippen molar-refractivity contribution in [2.45, 2.75) is 6.61 Å². The van der Waals surface area contributed by atoms with E-state index in [2.05, 4.69) is 25.4 Å². The van der Waals surface area contributed by atoms with Crippen LogP contribution in [0, 0.1) is 11.6 Å². The Hall–Kier alpha value is -3.95. The van der Waals surface area contributed by atoms with Crippen molar-refractivity contribution in [1.82, 2.24) is 34.6 Å². The summed E-state index contributed by atoms with van der Waals surface area (Å²) in [5.41, 5.74) is 2.47. The zero-order chi connectivity index (χ0) is 20.0. The number of fused-ring (bicyclic) bond motifs is 1. The molecule has 3 heterocycles. The van der Waals surface area contributed by atoms with Gasteiger partial charge in [0.1, 0.15) is 12.9 Å². The number of hydrogen-bond acceptors (Lipinski definition) is 6. The van der Waals surface area contributed by atoms with Crippen LogP contribution in [0.5, 0.6) is 5.88 Å². The molecule has 0 saturated carbocycles.